The Hall–Kier alpha value is -0.630. The van der Waals surface area contributed by atoms with E-state index in [1.54, 1.807) is 6.08 Å². The Balaban J connectivity index is 2.24. The predicted octanol–water partition coefficient (Wildman–Crippen LogP) is 1.70. The second-order valence-electron chi connectivity index (χ2n) is 3.81. The molecule has 0 unspecified atom stereocenters. The van der Waals surface area contributed by atoms with Crippen LogP contribution in [0.25, 0.3) is 0 Å². The van der Waals surface area contributed by atoms with Gasteiger partial charge in [0.1, 0.15) is 0 Å². The van der Waals surface area contributed by atoms with Crippen molar-refractivity contribution < 1.29 is 9.53 Å². The van der Waals surface area contributed by atoms with Crippen molar-refractivity contribution in [3.05, 3.63) is 12.2 Å². The molecule has 2 aliphatic rings. The molecule has 2 atom stereocenters. The van der Waals surface area contributed by atoms with E-state index in [1.165, 1.54) is 0 Å². The zero-order valence-electron chi connectivity index (χ0n) is 7.38. The highest BCUT2D eigenvalue weighted by atomic mass is 16.5. The van der Waals surface area contributed by atoms with Crippen LogP contribution in [0.15, 0.2) is 12.2 Å². The molecular formula is C10H14O2. The van der Waals surface area contributed by atoms with Crippen molar-refractivity contribution in [2.75, 3.05) is 6.61 Å². The fourth-order valence-electron chi connectivity index (χ4n) is 2.14. The summed E-state index contributed by atoms with van der Waals surface area (Å²) in [6.45, 7) is 2.95. The molecule has 66 valence electrons. The molecule has 0 aromatic heterocycles. The van der Waals surface area contributed by atoms with Crippen LogP contribution in [0.4, 0.5) is 0 Å². The second kappa shape index (κ2) is 2.70. The largest absolute Gasteiger partial charge is 0.371 e. The van der Waals surface area contributed by atoms with Crippen molar-refractivity contribution >= 4 is 5.78 Å². The van der Waals surface area contributed by atoms with Crippen molar-refractivity contribution in [3.8, 4) is 0 Å². The number of ketones is 1. The first-order valence-electron chi connectivity index (χ1n) is 4.59. The van der Waals surface area contributed by atoms with E-state index in [2.05, 4.69) is 6.92 Å². The fraction of sp³-hybridized carbons (Fsp3) is 0.700. The van der Waals surface area contributed by atoms with Crippen molar-refractivity contribution in [1.29, 1.82) is 0 Å². The maximum atomic E-state index is 11.1. The van der Waals surface area contributed by atoms with Crippen LogP contribution >= 0.6 is 0 Å². The first kappa shape index (κ1) is 7.99. The highest BCUT2D eigenvalue weighted by molar-refractivity contribution is 5.91. The van der Waals surface area contributed by atoms with Crippen LogP contribution in [-0.4, -0.2) is 18.0 Å². The molecule has 0 aromatic rings. The van der Waals surface area contributed by atoms with Gasteiger partial charge in [0.25, 0.3) is 0 Å². The van der Waals surface area contributed by atoms with Crippen molar-refractivity contribution in [2.24, 2.45) is 5.92 Å². The normalized spacial score (nSPS) is 41.1. The SMILES string of the molecule is C[C@H]1CC(=O)C=C[C@]12CCCO2. The summed E-state index contributed by atoms with van der Waals surface area (Å²) in [7, 11) is 0. The van der Waals surface area contributed by atoms with E-state index >= 15 is 0 Å². The van der Waals surface area contributed by atoms with E-state index in [9.17, 15) is 4.79 Å². The van der Waals surface area contributed by atoms with Gasteiger partial charge in [0.05, 0.1) is 5.60 Å². The number of allylic oxidation sites excluding steroid dienone is 1. The predicted molar refractivity (Wildman–Crippen MR) is 45.8 cm³/mol. The summed E-state index contributed by atoms with van der Waals surface area (Å²) < 4.78 is 5.70. The van der Waals surface area contributed by atoms with Gasteiger partial charge in [-0.2, -0.15) is 0 Å². The Labute approximate surface area is 72.6 Å². The standard InChI is InChI=1S/C10H14O2/c1-8-7-9(11)3-5-10(8)4-2-6-12-10/h3,5,8H,2,4,6-7H2,1H3/t8-,10+/m0/s1. The third-order valence-corrected chi connectivity index (χ3v) is 2.98. The zero-order chi connectivity index (χ0) is 8.60. The summed E-state index contributed by atoms with van der Waals surface area (Å²) in [6.07, 6.45) is 6.51. The summed E-state index contributed by atoms with van der Waals surface area (Å²) in [4.78, 5) is 11.1. The average Bonchev–Trinajstić information content (AvgIpc) is 2.48. The lowest BCUT2D eigenvalue weighted by atomic mass is 9.79. The van der Waals surface area contributed by atoms with Gasteiger partial charge in [-0.1, -0.05) is 6.92 Å². The number of hydrogen-bond donors (Lipinski definition) is 0. The van der Waals surface area contributed by atoms with Gasteiger partial charge in [-0.05, 0) is 30.9 Å². The molecule has 12 heavy (non-hydrogen) atoms. The van der Waals surface area contributed by atoms with E-state index < -0.39 is 0 Å². The molecule has 1 aliphatic carbocycles. The second-order valence-corrected chi connectivity index (χ2v) is 3.81. The molecule has 2 rings (SSSR count). The Morgan fingerprint density at radius 3 is 3.08 bits per heavy atom. The molecule has 1 saturated heterocycles. The maximum Gasteiger partial charge on any atom is 0.155 e. The molecule has 0 amide bonds. The Morgan fingerprint density at radius 2 is 2.50 bits per heavy atom. The van der Waals surface area contributed by atoms with Crippen molar-refractivity contribution in [1.82, 2.24) is 0 Å². The minimum absolute atomic E-state index is 0.0894. The fourth-order valence-corrected chi connectivity index (χ4v) is 2.14. The topological polar surface area (TPSA) is 26.3 Å². The Bertz CT molecular complexity index is 224. The van der Waals surface area contributed by atoms with E-state index in [0.717, 1.165) is 19.4 Å². The molecular weight excluding hydrogens is 152 g/mol. The quantitative estimate of drug-likeness (QED) is 0.547. The van der Waals surface area contributed by atoms with Gasteiger partial charge in [0.2, 0.25) is 0 Å². The van der Waals surface area contributed by atoms with E-state index in [-0.39, 0.29) is 11.4 Å². The highest BCUT2D eigenvalue weighted by Gasteiger charge is 2.40. The van der Waals surface area contributed by atoms with Crippen LogP contribution in [-0.2, 0) is 9.53 Å². The van der Waals surface area contributed by atoms with Gasteiger partial charge in [0, 0.05) is 13.0 Å². The average molecular weight is 166 g/mol. The molecule has 1 heterocycles. The van der Waals surface area contributed by atoms with Crippen LogP contribution in [0.5, 0.6) is 0 Å². The van der Waals surface area contributed by atoms with Gasteiger partial charge in [-0.3, -0.25) is 4.79 Å². The lowest BCUT2D eigenvalue weighted by molar-refractivity contribution is -0.118. The summed E-state index contributed by atoms with van der Waals surface area (Å²) in [5.74, 6) is 0.598. The first-order chi connectivity index (χ1) is 5.73. The number of carbonyl (C=O) groups is 1. The molecule has 1 spiro atoms. The summed E-state index contributed by atoms with van der Waals surface area (Å²) in [5.41, 5.74) is -0.0894. The van der Waals surface area contributed by atoms with Gasteiger partial charge in [0.15, 0.2) is 5.78 Å². The van der Waals surface area contributed by atoms with Crippen LogP contribution in [0.3, 0.4) is 0 Å². The molecule has 0 N–H and O–H groups in total. The van der Waals surface area contributed by atoms with Crippen molar-refractivity contribution in [2.45, 2.75) is 31.8 Å². The van der Waals surface area contributed by atoms with Gasteiger partial charge >= 0.3 is 0 Å². The molecule has 0 saturated carbocycles. The number of ether oxygens (including phenoxy) is 1. The minimum Gasteiger partial charge on any atom is -0.371 e. The smallest absolute Gasteiger partial charge is 0.155 e. The summed E-state index contributed by atoms with van der Waals surface area (Å²) in [6, 6.07) is 0. The van der Waals surface area contributed by atoms with Gasteiger partial charge in [-0.15, -0.1) is 0 Å². The summed E-state index contributed by atoms with van der Waals surface area (Å²) in [5, 5.41) is 0. The number of rotatable bonds is 0. The molecule has 2 heteroatoms. The number of carbonyl (C=O) groups excluding carboxylic acids is 1. The summed E-state index contributed by atoms with van der Waals surface area (Å²) >= 11 is 0. The zero-order valence-corrected chi connectivity index (χ0v) is 7.38. The minimum atomic E-state index is -0.0894. The Morgan fingerprint density at radius 1 is 1.67 bits per heavy atom. The third-order valence-electron chi connectivity index (χ3n) is 2.98. The van der Waals surface area contributed by atoms with E-state index in [4.69, 9.17) is 4.74 Å². The molecule has 0 radical (unpaired) electrons. The molecule has 0 aromatic carbocycles. The van der Waals surface area contributed by atoms with Crippen LogP contribution < -0.4 is 0 Å². The highest BCUT2D eigenvalue weighted by Crippen LogP contribution is 2.38. The first-order valence-corrected chi connectivity index (χ1v) is 4.59. The third kappa shape index (κ3) is 1.11. The molecule has 1 aliphatic heterocycles. The van der Waals surface area contributed by atoms with Crippen molar-refractivity contribution in [3.63, 3.8) is 0 Å². The van der Waals surface area contributed by atoms with Crippen LogP contribution in [0.1, 0.15) is 26.2 Å². The van der Waals surface area contributed by atoms with Crippen LogP contribution in [0.2, 0.25) is 0 Å². The van der Waals surface area contributed by atoms with E-state index in [0.29, 0.717) is 12.3 Å². The molecule has 1 fully saturated rings. The lowest BCUT2D eigenvalue weighted by Crippen LogP contribution is -2.37. The van der Waals surface area contributed by atoms with Gasteiger partial charge < -0.3 is 4.74 Å². The lowest BCUT2D eigenvalue weighted by Gasteiger charge is -2.33. The monoisotopic (exact) mass is 166 g/mol. The van der Waals surface area contributed by atoms with E-state index in [1.807, 2.05) is 6.08 Å². The molecule has 0 bridgehead atoms. The van der Waals surface area contributed by atoms with Crippen LogP contribution in [0, 0.1) is 5.92 Å². The maximum absolute atomic E-state index is 11.1. The van der Waals surface area contributed by atoms with Gasteiger partial charge in [-0.25, -0.2) is 0 Å². The number of hydrogen-bond acceptors (Lipinski definition) is 2. The Kier molecular flexibility index (Phi) is 1.80. The molecule has 2 nitrogen and oxygen atoms in total.